The van der Waals surface area contributed by atoms with E-state index in [-0.39, 0.29) is 18.0 Å². The van der Waals surface area contributed by atoms with Crippen LogP contribution in [-0.2, 0) is 10.0 Å². The molecular formula is C20H20ClN3O4S. The maximum atomic E-state index is 12.2. The summed E-state index contributed by atoms with van der Waals surface area (Å²) in [6, 6.07) is 17.0. The zero-order chi connectivity index (χ0) is 20.7. The number of rotatable bonds is 9. The summed E-state index contributed by atoms with van der Waals surface area (Å²) in [5.41, 5.74) is 1.60. The zero-order valence-electron chi connectivity index (χ0n) is 15.7. The summed E-state index contributed by atoms with van der Waals surface area (Å²) >= 11 is 5.77. The van der Waals surface area contributed by atoms with Crippen LogP contribution in [-0.4, -0.2) is 38.4 Å². The molecule has 0 fully saturated rings. The molecule has 0 atom stereocenters. The summed E-state index contributed by atoms with van der Waals surface area (Å²) < 4.78 is 37.7. The second kappa shape index (κ2) is 9.69. The molecule has 9 heteroatoms. The predicted molar refractivity (Wildman–Crippen MR) is 111 cm³/mol. The topological polar surface area (TPSA) is 90.4 Å². The quantitative estimate of drug-likeness (QED) is 0.519. The Bertz CT molecular complexity index is 1020. The molecule has 29 heavy (non-hydrogen) atoms. The maximum Gasteiger partial charge on any atom is 0.240 e. The van der Waals surface area contributed by atoms with Gasteiger partial charge in [-0.2, -0.15) is 0 Å². The van der Waals surface area contributed by atoms with Gasteiger partial charge in [-0.1, -0.05) is 11.6 Å². The summed E-state index contributed by atoms with van der Waals surface area (Å²) in [5.74, 6) is 1.11. The van der Waals surface area contributed by atoms with Crippen molar-refractivity contribution >= 4 is 21.6 Å². The van der Waals surface area contributed by atoms with E-state index < -0.39 is 10.0 Å². The summed E-state index contributed by atoms with van der Waals surface area (Å²) in [7, 11) is -3.62. The SMILES string of the molecule is CCOc1ccc(-c2ccc(OCCNS(=O)(=O)c3ccc(Cl)cc3)nn2)cc1. The lowest BCUT2D eigenvalue weighted by atomic mass is 10.1. The molecule has 152 valence electrons. The number of ether oxygens (including phenoxy) is 2. The van der Waals surface area contributed by atoms with Crippen molar-refractivity contribution in [2.24, 2.45) is 0 Å². The third-order valence-electron chi connectivity index (χ3n) is 3.87. The third kappa shape index (κ3) is 5.90. The Morgan fingerprint density at radius 3 is 2.28 bits per heavy atom. The molecule has 0 aliphatic heterocycles. The van der Waals surface area contributed by atoms with Gasteiger partial charge < -0.3 is 9.47 Å². The van der Waals surface area contributed by atoms with E-state index in [0.717, 1.165) is 11.3 Å². The smallest absolute Gasteiger partial charge is 0.240 e. The Kier molecular flexibility index (Phi) is 7.03. The van der Waals surface area contributed by atoms with Crippen molar-refractivity contribution in [2.75, 3.05) is 19.8 Å². The van der Waals surface area contributed by atoms with Crippen molar-refractivity contribution in [1.82, 2.24) is 14.9 Å². The van der Waals surface area contributed by atoms with Gasteiger partial charge in [0, 0.05) is 23.2 Å². The summed E-state index contributed by atoms with van der Waals surface area (Å²) in [4.78, 5) is 0.140. The van der Waals surface area contributed by atoms with Crippen LogP contribution in [0.2, 0.25) is 5.02 Å². The van der Waals surface area contributed by atoms with E-state index in [0.29, 0.717) is 23.2 Å². The van der Waals surface area contributed by atoms with Crippen LogP contribution in [0.5, 0.6) is 11.6 Å². The molecule has 1 aromatic heterocycles. The van der Waals surface area contributed by atoms with Crippen molar-refractivity contribution in [3.8, 4) is 22.9 Å². The van der Waals surface area contributed by atoms with Crippen LogP contribution < -0.4 is 14.2 Å². The molecule has 0 unspecified atom stereocenters. The monoisotopic (exact) mass is 433 g/mol. The van der Waals surface area contributed by atoms with Gasteiger partial charge >= 0.3 is 0 Å². The second-order valence-electron chi connectivity index (χ2n) is 5.91. The van der Waals surface area contributed by atoms with Crippen LogP contribution in [0.1, 0.15) is 6.92 Å². The van der Waals surface area contributed by atoms with Gasteiger partial charge in [0.1, 0.15) is 12.4 Å². The molecule has 0 aliphatic rings. The lowest BCUT2D eigenvalue weighted by Gasteiger charge is -2.08. The van der Waals surface area contributed by atoms with Crippen molar-refractivity contribution in [1.29, 1.82) is 0 Å². The third-order valence-corrected chi connectivity index (χ3v) is 5.60. The van der Waals surface area contributed by atoms with Gasteiger partial charge in [0.2, 0.25) is 15.9 Å². The number of hydrogen-bond donors (Lipinski definition) is 1. The predicted octanol–water partition coefficient (Wildman–Crippen LogP) is 3.55. The summed E-state index contributed by atoms with van der Waals surface area (Å²) in [6.07, 6.45) is 0. The van der Waals surface area contributed by atoms with Crippen molar-refractivity contribution in [3.63, 3.8) is 0 Å². The van der Waals surface area contributed by atoms with Gasteiger partial charge in [-0.3, -0.25) is 0 Å². The number of nitrogens with one attached hydrogen (secondary N) is 1. The van der Waals surface area contributed by atoms with E-state index >= 15 is 0 Å². The van der Waals surface area contributed by atoms with Crippen LogP contribution in [0.15, 0.2) is 65.6 Å². The number of benzene rings is 2. The molecular weight excluding hydrogens is 414 g/mol. The van der Waals surface area contributed by atoms with Crippen molar-refractivity contribution < 1.29 is 17.9 Å². The Balaban J connectivity index is 1.50. The molecule has 7 nitrogen and oxygen atoms in total. The van der Waals surface area contributed by atoms with Crippen LogP contribution in [0.4, 0.5) is 0 Å². The summed E-state index contributed by atoms with van der Waals surface area (Å²) in [5, 5.41) is 8.63. The summed E-state index contributed by atoms with van der Waals surface area (Å²) in [6.45, 7) is 2.75. The highest BCUT2D eigenvalue weighted by Gasteiger charge is 2.13. The van der Waals surface area contributed by atoms with Gasteiger partial charge in [0.05, 0.1) is 17.2 Å². The molecule has 0 spiro atoms. The molecule has 1 heterocycles. The standard InChI is InChI=1S/C20H20ClN3O4S/c1-2-27-17-7-3-15(4-8-17)19-11-12-20(24-23-19)28-14-13-22-29(25,26)18-9-5-16(21)6-10-18/h3-12,22H,2,13-14H2,1H3. The lowest BCUT2D eigenvalue weighted by Crippen LogP contribution is -2.28. The highest BCUT2D eigenvalue weighted by Crippen LogP contribution is 2.21. The van der Waals surface area contributed by atoms with E-state index in [9.17, 15) is 8.42 Å². The molecule has 3 rings (SSSR count). The Hall–Kier alpha value is -2.68. The Morgan fingerprint density at radius 1 is 0.931 bits per heavy atom. The van der Waals surface area contributed by atoms with Gasteiger partial charge in [-0.05, 0) is 61.5 Å². The van der Waals surface area contributed by atoms with E-state index in [1.165, 1.54) is 24.3 Å². The average Bonchev–Trinajstić information content (AvgIpc) is 2.73. The maximum absolute atomic E-state index is 12.2. The Labute approximate surface area is 174 Å². The molecule has 0 saturated heterocycles. The van der Waals surface area contributed by atoms with Gasteiger partial charge in [0.15, 0.2) is 0 Å². The minimum absolute atomic E-state index is 0.0906. The number of sulfonamides is 1. The molecule has 2 aromatic carbocycles. The fraction of sp³-hybridized carbons (Fsp3) is 0.200. The fourth-order valence-electron chi connectivity index (χ4n) is 2.47. The first kappa shape index (κ1) is 21.0. The van der Waals surface area contributed by atoms with Crippen molar-refractivity contribution in [3.05, 3.63) is 65.7 Å². The first-order valence-electron chi connectivity index (χ1n) is 8.93. The number of hydrogen-bond acceptors (Lipinski definition) is 6. The molecule has 0 saturated carbocycles. The second-order valence-corrected chi connectivity index (χ2v) is 8.12. The van der Waals surface area contributed by atoms with Crippen LogP contribution in [0, 0.1) is 0 Å². The zero-order valence-corrected chi connectivity index (χ0v) is 17.3. The first-order valence-corrected chi connectivity index (χ1v) is 10.8. The molecule has 0 radical (unpaired) electrons. The highest BCUT2D eigenvalue weighted by atomic mass is 35.5. The highest BCUT2D eigenvalue weighted by molar-refractivity contribution is 7.89. The number of halogens is 1. The minimum Gasteiger partial charge on any atom is -0.494 e. The average molecular weight is 434 g/mol. The largest absolute Gasteiger partial charge is 0.494 e. The van der Waals surface area contributed by atoms with Crippen LogP contribution in [0.3, 0.4) is 0 Å². The van der Waals surface area contributed by atoms with Gasteiger partial charge in [0.25, 0.3) is 0 Å². The van der Waals surface area contributed by atoms with Crippen LogP contribution in [0.25, 0.3) is 11.3 Å². The normalized spacial score (nSPS) is 11.2. The molecule has 1 N–H and O–H groups in total. The van der Waals surface area contributed by atoms with Gasteiger partial charge in [-0.25, -0.2) is 13.1 Å². The fourth-order valence-corrected chi connectivity index (χ4v) is 3.61. The van der Waals surface area contributed by atoms with E-state index in [4.69, 9.17) is 21.1 Å². The van der Waals surface area contributed by atoms with E-state index in [2.05, 4.69) is 14.9 Å². The van der Waals surface area contributed by atoms with Crippen LogP contribution >= 0.6 is 11.6 Å². The first-order chi connectivity index (χ1) is 14.0. The van der Waals surface area contributed by atoms with E-state index in [1.54, 1.807) is 12.1 Å². The van der Waals surface area contributed by atoms with Crippen molar-refractivity contribution in [2.45, 2.75) is 11.8 Å². The lowest BCUT2D eigenvalue weighted by molar-refractivity contribution is 0.307. The number of aromatic nitrogens is 2. The van der Waals surface area contributed by atoms with Gasteiger partial charge in [-0.15, -0.1) is 10.2 Å². The van der Waals surface area contributed by atoms with E-state index in [1.807, 2.05) is 31.2 Å². The molecule has 3 aromatic rings. The Morgan fingerprint density at radius 2 is 1.66 bits per heavy atom. The minimum atomic E-state index is -3.62. The molecule has 0 bridgehead atoms. The molecule has 0 amide bonds. The molecule has 0 aliphatic carbocycles. The number of nitrogens with zero attached hydrogens (tertiary/aromatic N) is 2.